The zero-order chi connectivity index (χ0) is 14.8. The molecule has 21 heavy (non-hydrogen) atoms. The molecule has 2 amide bonds. The lowest BCUT2D eigenvalue weighted by Gasteiger charge is -2.42. The molecule has 0 aliphatic carbocycles. The van der Waals surface area contributed by atoms with E-state index in [0.29, 0.717) is 24.6 Å². The van der Waals surface area contributed by atoms with Crippen molar-refractivity contribution < 1.29 is 9.59 Å². The van der Waals surface area contributed by atoms with Gasteiger partial charge in [0, 0.05) is 13.6 Å². The normalized spacial score (nSPS) is 22.2. The van der Waals surface area contributed by atoms with Gasteiger partial charge in [0.15, 0.2) is 0 Å². The van der Waals surface area contributed by atoms with Crippen molar-refractivity contribution in [3.05, 3.63) is 18.1 Å². The van der Waals surface area contributed by atoms with Gasteiger partial charge in [0.25, 0.3) is 0 Å². The van der Waals surface area contributed by atoms with E-state index in [2.05, 4.69) is 15.3 Å². The van der Waals surface area contributed by atoms with Crippen LogP contribution in [0.1, 0.15) is 25.0 Å². The van der Waals surface area contributed by atoms with Crippen LogP contribution in [0.4, 0.5) is 5.82 Å². The number of anilines is 1. The third kappa shape index (κ3) is 2.68. The Morgan fingerprint density at radius 2 is 2.14 bits per heavy atom. The van der Waals surface area contributed by atoms with Crippen molar-refractivity contribution in [2.24, 2.45) is 0 Å². The maximum atomic E-state index is 12.5. The Balaban J connectivity index is 1.72. The first-order valence-corrected chi connectivity index (χ1v) is 7.26. The van der Waals surface area contributed by atoms with E-state index < -0.39 is 0 Å². The summed E-state index contributed by atoms with van der Waals surface area (Å²) in [5, 5.41) is 2.90. The van der Waals surface area contributed by atoms with Gasteiger partial charge in [-0.2, -0.15) is 0 Å². The van der Waals surface area contributed by atoms with Crippen LogP contribution >= 0.6 is 0 Å². The number of fused-ring (bicyclic) bond motifs is 1. The molecule has 2 fully saturated rings. The molecular formula is C14H19N5O2. The number of aromatic nitrogens is 2. The summed E-state index contributed by atoms with van der Waals surface area (Å²) in [5.41, 5.74) is 0.694. The number of rotatable bonds is 3. The highest BCUT2D eigenvalue weighted by Crippen LogP contribution is 2.23. The summed E-state index contributed by atoms with van der Waals surface area (Å²) in [5.74, 6) is 0.756. The Hall–Kier alpha value is -2.18. The lowest BCUT2D eigenvalue weighted by atomic mass is 9.98. The van der Waals surface area contributed by atoms with Gasteiger partial charge in [-0.1, -0.05) is 0 Å². The number of piperidine rings is 1. The van der Waals surface area contributed by atoms with Crippen molar-refractivity contribution in [3.63, 3.8) is 0 Å². The van der Waals surface area contributed by atoms with E-state index in [1.165, 1.54) is 0 Å². The second-order valence-corrected chi connectivity index (χ2v) is 5.44. The summed E-state index contributed by atoms with van der Waals surface area (Å²) < 4.78 is 0. The number of hydrogen-bond acceptors (Lipinski definition) is 5. The fourth-order valence-corrected chi connectivity index (χ4v) is 2.92. The van der Waals surface area contributed by atoms with Crippen molar-refractivity contribution in [1.29, 1.82) is 0 Å². The van der Waals surface area contributed by atoms with Crippen LogP contribution in [0.2, 0.25) is 0 Å². The number of carbonyl (C=O) groups excluding carboxylic acids is 2. The fraction of sp³-hybridized carbons (Fsp3) is 0.571. The molecule has 0 saturated carbocycles. The lowest BCUT2D eigenvalue weighted by Crippen LogP contribution is -2.60. The average molecular weight is 289 g/mol. The fourth-order valence-electron chi connectivity index (χ4n) is 2.92. The van der Waals surface area contributed by atoms with E-state index >= 15 is 0 Å². The van der Waals surface area contributed by atoms with Crippen LogP contribution < -0.4 is 5.32 Å². The van der Waals surface area contributed by atoms with Gasteiger partial charge in [-0.05, 0) is 19.3 Å². The minimum absolute atomic E-state index is 0.0359. The van der Waals surface area contributed by atoms with Crippen molar-refractivity contribution in [2.75, 3.05) is 25.5 Å². The monoisotopic (exact) mass is 289 g/mol. The molecule has 2 aliphatic rings. The highest BCUT2D eigenvalue weighted by atomic mass is 16.2. The summed E-state index contributed by atoms with van der Waals surface area (Å²) in [6.07, 6.45) is 6.03. The van der Waals surface area contributed by atoms with E-state index in [0.717, 1.165) is 19.3 Å². The Morgan fingerprint density at radius 3 is 2.86 bits per heavy atom. The number of carbonyl (C=O) groups is 2. The lowest BCUT2D eigenvalue weighted by molar-refractivity contribution is -0.158. The molecule has 3 heterocycles. The van der Waals surface area contributed by atoms with Crippen LogP contribution in [0.15, 0.2) is 12.4 Å². The molecule has 3 rings (SSSR count). The van der Waals surface area contributed by atoms with Gasteiger partial charge in [0.2, 0.25) is 11.8 Å². The molecule has 0 bridgehead atoms. The highest BCUT2D eigenvalue weighted by Gasteiger charge is 2.40. The van der Waals surface area contributed by atoms with Crippen molar-refractivity contribution in [2.45, 2.75) is 31.8 Å². The molecule has 2 aliphatic heterocycles. The van der Waals surface area contributed by atoms with Crippen LogP contribution in [0.5, 0.6) is 0 Å². The summed E-state index contributed by atoms with van der Waals surface area (Å²) in [6.45, 7) is 1.19. The van der Waals surface area contributed by atoms with Crippen LogP contribution in [-0.2, 0) is 16.1 Å². The van der Waals surface area contributed by atoms with Crippen molar-refractivity contribution in [1.82, 2.24) is 19.8 Å². The molecule has 7 heteroatoms. The van der Waals surface area contributed by atoms with Crippen LogP contribution in [0.3, 0.4) is 0 Å². The van der Waals surface area contributed by atoms with E-state index in [4.69, 9.17) is 0 Å². The van der Waals surface area contributed by atoms with E-state index in [9.17, 15) is 9.59 Å². The highest BCUT2D eigenvalue weighted by molar-refractivity contribution is 5.95. The third-order valence-corrected chi connectivity index (χ3v) is 4.06. The quantitative estimate of drug-likeness (QED) is 0.862. The first kappa shape index (κ1) is 13.8. The third-order valence-electron chi connectivity index (χ3n) is 4.06. The molecule has 7 nitrogen and oxygen atoms in total. The number of nitrogens with zero attached hydrogens (tertiary/aromatic N) is 4. The van der Waals surface area contributed by atoms with Gasteiger partial charge < -0.3 is 15.1 Å². The predicted octanol–water partition coefficient (Wildman–Crippen LogP) is 0.242. The molecule has 0 radical (unpaired) electrons. The number of amides is 2. The summed E-state index contributed by atoms with van der Waals surface area (Å²) >= 11 is 0. The molecular weight excluding hydrogens is 270 g/mol. The second kappa shape index (κ2) is 5.67. The predicted molar refractivity (Wildman–Crippen MR) is 76.3 cm³/mol. The van der Waals surface area contributed by atoms with E-state index in [-0.39, 0.29) is 24.4 Å². The molecule has 2 saturated heterocycles. The topological polar surface area (TPSA) is 78.4 Å². The van der Waals surface area contributed by atoms with Crippen molar-refractivity contribution in [3.8, 4) is 0 Å². The maximum absolute atomic E-state index is 12.5. The maximum Gasteiger partial charge on any atom is 0.246 e. The number of piperazine rings is 1. The average Bonchev–Trinajstić information content (AvgIpc) is 2.53. The second-order valence-electron chi connectivity index (χ2n) is 5.44. The van der Waals surface area contributed by atoms with Crippen LogP contribution in [0, 0.1) is 0 Å². The zero-order valence-corrected chi connectivity index (χ0v) is 12.1. The minimum atomic E-state index is -0.274. The minimum Gasteiger partial charge on any atom is -0.372 e. The molecule has 1 unspecified atom stereocenters. The first-order chi connectivity index (χ1) is 10.2. The van der Waals surface area contributed by atoms with E-state index in [1.807, 2.05) is 0 Å². The Morgan fingerprint density at radius 1 is 1.29 bits per heavy atom. The van der Waals surface area contributed by atoms with Gasteiger partial charge in [0.05, 0.1) is 24.6 Å². The number of hydrogen-bond donors (Lipinski definition) is 1. The van der Waals surface area contributed by atoms with Crippen LogP contribution in [0.25, 0.3) is 0 Å². The SMILES string of the molecule is CNc1cnc(CN2CC(=O)N3CCCCC3C2=O)cn1. The molecule has 0 spiro atoms. The molecule has 1 aromatic rings. The van der Waals surface area contributed by atoms with Gasteiger partial charge in [-0.25, -0.2) is 4.98 Å². The molecule has 1 N–H and O–H groups in total. The standard InChI is InChI=1S/C14H19N5O2/c1-15-12-7-16-10(6-17-12)8-18-9-13(20)19-5-3-2-4-11(19)14(18)21/h6-7,11H,2-5,8-9H2,1H3,(H,15,17). The van der Waals surface area contributed by atoms with Gasteiger partial charge in [-0.3, -0.25) is 14.6 Å². The summed E-state index contributed by atoms with van der Waals surface area (Å²) in [7, 11) is 1.77. The van der Waals surface area contributed by atoms with E-state index in [1.54, 1.807) is 29.2 Å². The molecule has 1 atom stereocenters. The molecule has 0 aromatic carbocycles. The van der Waals surface area contributed by atoms with Crippen LogP contribution in [-0.4, -0.2) is 57.8 Å². The first-order valence-electron chi connectivity index (χ1n) is 7.26. The molecule has 112 valence electrons. The van der Waals surface area contributed by atoms with Crippen molar-refractivity contribution >= 4 is 17.6 Å². The van der Waals surface area contributed by atoms with Gasteiger partial charge >= 0.3 is 0 Å². The zero-order valence-electron chi connectivity index (χ0n) is 12.1. The Bertz CT molecular complexity index is 545. The molecule has 1 aromatic heterocycles. The summed E-state index contributed by atoms with van der Waals surface area (Å²) in [6, 6.07) is -0.274. The largest absolute Gasteiger partial charge is 0.372 e. The Labute approximate surface area is 123 Å². The Kier molecular flexibility index (Phi) is 3.72. The summed E-state index contributed by atoms with van der Waals surface area (Å²) in [4.78, 5) is 36.4. The smallest absolute Gasteiger partial charge is 0.246 e. The van der Waals surface area contributed by atoms with Gasteiger partial charge in [0.1, 0.15) is 18.4 Å². The van der Waals surface area contributed by atoms with Gasteiger partial charge in [-0.15, -0.1) is 0 Å². The number of nitrogens with one attached hydrogen (secondary N) is 1.